The zero-order chi connectivity index (χ0) is 11.4. The van der Waals surface area contributed by atoms with Crippen molar-refractivity contribution in [1.82, 2.24) is 0 Å². The van der Waals surface area contributed by atoms with Crippen LogP contribution in [0.1, 0.15) is 12.5 Å². The summed E-state index contributed by atoms with van der Waals surface area (Å²) in [6, 6.07) is 3.54. The molecular formula is C10H11FO4. The monoisotopic (exact) mass is 214 g/mol. The number of aliphatic hydroxyl groups excluding tert-OH is 1. The number of carbonyl (C=O) groups is 1. The third-order valence-electron chi connectivity index (χ3n) is 1.84. The van der Waals surface area contributed by atoms with E-state index in [2.05, 4.69) is 0 Å². The van der Waals surface area contributed by atoms with E-state index in [1.807, 2.05) is 0 Å². The first kappa shape index (κ1) is 11.5. The summed E-state index contributed by atoms with van der Waals surface area (Å²) in [4.78, 5) is 10.5. The number of rotatable bonds is 4. The molecule has 4 nitrogen and oxygen atoms in total. The second kappa shape index (κ2) is 4.75. The van der Waals surface area contributed by atoms with Gasteiger partial charge in [0.2, 0.25) is 0 Å². The fourth-order valence-corrected chi connectivity index (χ4v) is 1.03. The molecule has 0 amide bonds. The van der Waals surface area contributed by atoms with Crippen LogP contribution in [0.2, 0.25) is 0 Å². The summed E-state index contributed by atoms with van der Waals surface area (Å²) in [5, 5.41) is 17.5. The lowest BCUT2D eigenvalue weighted by atomic mass is 10.2. The van der Waals surface area contributed by atoms with Gasteiger partial charge in [-0.25, -0.2) is 9.18 Å². The number of carboxylic acid groups (broad SMARTS) is 1. The second-order valence-electron chi connectivity index (χ2n) is 3.01. The quantitative estimate of drug-likeness (QED) is 0.789. The Balaban J connectivity index is 2.89. The largest absolute Gasteiger partial charge is 0.479 e. The molecule has 0 radical (unpaired) electrons. The molecule has 0 spiro atoms. The summed E-state index contributed by atoms with van der Waals surface area (Å²) in [5.41, 5.74) is 0.225. The van der Waals surface area contributed by atoms with Crippen LogP contribution in [0.4, 0.5) is 4.39 Å². The van der Waals surface area contributed by atoms with Crippen molar-refractivity contribution in [2.24, 2.45) is 0 Å². The van der Waals surface area contributed by atoms with Crippen LogP contribution in [0.15, 0.2) is 18.2 Å². The summed E-state index contributed by atoms with van der Waals surface area (Å²) in [6.07, 6.45) is -1.04. The van der Waals surface area contributed by atoms with Gasteiger partial charge < -0.3 is 14.9 Å². The maximum atomic E-state index is 12.7. The highest BCUT2D eigenvalue weighted by Crippen LogP contribution is 2.20. The first-order valence-electron chi connectivity index (χ1n) is 4.33. The minimum atomic E-state index is -1.12. The molecule has 0 aliphatic heterocycles. The molecular weight excluding hydrogens is 203 g/mol. The first-order chi connectivity index (χ1) is 7.04. The Hall–Kier alpha value is -1.62. The highest BCUT2D eigenvalue weighted by Gasteiger charge is 2.14. The summed E-state index contributed by atoms with van der Waals surface area (Å²) in [7, 11) is 0. The standard InChI is InChI=1S/C10H11FO4/c1-6(10(13)14)15-9-3-2-8(11)4-7(9)5-12/h2-4,6,12H,5H2,1H3,(H,13,14). The molecule has 15 heavy (non-hydrogen) atoms. The van der Waals surface area contributed by atoms with Crippen molar-refractivity contribution in [3.63, 3.8) is 0 Å². The summed E-state index contributed by atoms with van der Waals surface area (Å²) in [6.45, 7) is 0.951. The smallest absolute Gasteiger partial charge is 0.344 e. The fraction of sp³-hybridized carbons (Fsp3) is 0.300. The molecule has 0 heterocycles. The van der Waals surface area contributed by atoms with E-state index >= 15 is 0 Å². The van der Waals surface area contributed by atoms with Gasteiger partial charge in [0.1, 0.15) is 11.6 Å². The Morgan fingerprint density at radius 1 is 1.60 bits per heavy atom. The van der Waals surface area contributed by atoms with Crippen LogP contribution in [-0.2, 0) is 11.4 Å². The Morgan fingerprint density at radius 3 is 2.80 bits per heavy atom. The van der Waals surface area contributed by atoms with Gasteiger partial charge in [0.15, 0.2) is 6.10 Å². The van der Waals surface area contributed by atoms with Crippen LogP contribution in [0, 0.1) is 5.82 Å². The van der Waals surface area contributed by atoms with Crippen LogP contribution in [0.3, 0.4) is 0 Å². The average molecular weight is 214 g/mol. The molecule has 0 saturated heterocycles. The molecule has 82 valence electrons. The summed E-state index contributed by atoms with van der Waals surface area (Å²) < 4.78 is 17.8. The third kappa shape index (κ3) is 2.92. The predicted molar refractivity (Wildman–Crippen MR) is 50.0 cm³/mol. The Kier molecular flexibility index (Phi) is 3.62. The van der Waals surface area contributed by atoms with Gasteiger partial charge in [0.05, 0.1) is 6.61 Å². The van der Waals surface area contributed by atoms with E-state index in [-0.39, 0.29) is 11.3 Å². The minimum absolute atomic E-state index is 0.175. The van der Waals surface area contributed by atoms with Crippen molar-refractivity contribution in [2.45, 2.75) is 19.6 Å². The lowest BCUT2D eigenvalue weighted by Gasteiger charge is -2.13. The Morgan fingerprint density at radius 2 is 2.27 bits per heavy atom. The fourth-order valence-electron chi connectivity index (χ4n) is 1.03. The van der Waals surface area contributed by atoms with E-state index in [1.165, 1.54) is 13.0 Å². The molecule has 1 unspecified atom stereocenters. The Labute approximate surface area is 85.9 Å². The van der Waals surface area contributed by atoms with Gasteiger partial charge in [0, 0.05) is 5.56 Å². The van der Waals surface area contributed by atoms with Gasteiger partial charge in [-0.1, -0.05) is 0 Å². The van der Waals surface area contributed by atoms with E-state index in [0.717, 1.165) is 12.1 Å². The zero-order valence-corrected chi connectivity index (χ0v) is 8.11. The lowest BCUT2D eigenvalue weighted by molar-refractivity contribution is -0.144. The van der Waals surface area contributed by atoms with Crippen molar-refractivity contribution < 1.29 is 24.1 Å². The lowest BCUT2D eigenvalue weighted by Crippen LogP contribution is -2.23. The van der Waals surface area contributed by atoms with E-state index in [9.17, 15) is 9.18 Å². The van der Waals surface area contributed by atoms with Gasteiger partial charge >= 0.3 is 5.97 Å². The highest BCUT2D eigenvalue weighted by atomic mass is 19.1. The van der Waals surface area contributed by atoms with Crippen LogP contribution >= 0.6 is 0 Å². The molecule has 1 atom stereocenters. The van der Waals surface area contributed by atoms with E-state index in [4.69, 9.17) is 14.9 Å². The van der Waals surface area contributed by atoms with Gasteiger partial charge in [-0.15, -0.1) is 0 Å². The average Bonchev–Trinajstić information content (AvgIpc) is 2.20. The second-order valence-corrected chi connectivity index (χ2v) is 3.01. The van der Waals surface area contributed by atoms with Crippen molar-refractivity contribution in [3.05, 3.63) is 29.6 Å². The number of aliphatic hydroxyl groups is 1. The van der Waals surface area contributed by atoms with Crippen LogP contribution in [0.5, 0.6) is 5.75 Å². The topological polar surface area (TPSA) is 66.8 Å². The molecule has 1 rings (SSSR count). The van der Waals surface area contributed by atoms with Crippen molar-refractivity contribution in [3.8, 4) is 5.75 Å². The van der Waals surface area contributed by atoms with Gasteiger partial charge in [-0.05, 0) is 25.1 Å². The van der Waals surface area contributed by atoms with Crippen molar-refractivity contribution >= 4 is 5.97 Å². The molecule has 0 saturated carbocycles. The SMILES string of the molecule is CC(Oc1ccc(F)cc1CO)C(=O)O. The van der Waals surface area contributed by atoms with Gasteiger partial charge in [-0.2, -0.15) is 0 Å². The molecule has 1 aromatic carbocycles. The van der Waals surface area contributed by atoms with Gasteiger partial charge in [0.25, 0.3) is 0 Å². The van der Waals surface area contributed by atoms with E-state index in [1.54, 1.807) is 0 Å². The number of carboxylic acids is 1. The molecule has 0 bridgehead atoms. The molecule has 1 aromatic rings. The Bertz CT molecular complexity index is 364. The van der Waals surface area contributed by atoms with E-state index < -0.39 is 24.5 Å². The molecule has 5 heteroatoms. The minimum Gasteiger partial charge on any atom is -0.479 e. The molecule has 0 aliphatic carbocycles. The van der Waals surface area contributed by atoms with Crippen LogP contribution < -0.4 is 4.74 Å². The summed E-state index contributed by atoms with van der Waals surface area (Å²) in [5.74, 6) is -1.45. The zero-order valence-electron chi connectivity index (χ0n) is 8.11. The number of hydrogen-bond acceptors (Lipinski definition) is 3. The predicted octanol–water partition coefficient (Wildman–Crippen LogP) is 1.17. The number of hydrogen-bond donors (Lipinski definition) is 2. The highest BCUT2D eigenvalue weighted by molar-refractivity contribution is 5.72. The maximum absolute atomic E-state index is 12.7. The normalized spacial score (nSPS) is 12.2. The molecule has 0 aliphatic rings. The molecule has 0 fully saturated rings. The maximum Gasteiger partial charge on any atom is 0.344 e. The third-order valence-corrected chi connectivity index (χ3v) is 1.84. The summed E-state index contributed by atoms with van der Waals surface area (Å²) >= 11 is 0. The number of ether oxygens (including phenoxy) is 1. The molecule has 2 N–H and O–H groups in total. The first-order valence-corrected chi connectivity index (χ1v) is 4.33. The van der Waals surface area contributed by atoms with Gasteiger partial charge in [-0.3, -0.25) is 0 Å². The van der Waals surface area contributed by atoms with Crippen LogP contribution in [-0.4, -0.2) is 22.3 Å². The van der Waals surface area contributed by atoms with Crippen molar-refractivity contribution in [2.75, 3.05) is 0 Å². The molecule has 0 aromatic heterocycles. The van der Waals surface area contributed by atoms with Crippen LogP contribution in [0.25, 0.3) is 0 Å². The number of aliphatic carboxylic acids is 1. The number of benzene rings is 1. The van der Waals surface area contributed by atoms with Crippen molar-refractivity contribution in [1.29, 1.82) is 0 Å². The van der Waals surface area contributed by atoms with E-state index in [0.29, 0.717) is 0 Å². The number of halogens is 1.